The van der Waals surface area contributed by atoms with Gasteiger partial charge in [-0.15, -0.1) is 5.10 Å². The normalized spacial score (nSPS) is 19.6. The molecule has 9 heteroatoms. The number of hydrogen-bond acceptors (Lipinski definition) is 6. The van der Waals surface area contributed by atoms with Crippen LogP contribution in [-0.2, 0) is 18.3 Å². The summed E-state index contributed by atoms with van der Waals surface area (Å²) in [5, 5.41) is 13.9. The molecule has 2 atom stereocenters. The molecule has 4 aromatic rings. The molecule has 142 valence electrons. The second-order valence-corrected chi connectivity index (χ2v) is 7.52. The quantitative estimate of drug-likeness (QED) is 0.577. The molecule has 2 N–H and O–H groups in total. The summed E-state index contributed by atoms with van der Waals surface area (Å²) in [6.07, 6.45) is 7.05. The number of amides is 1. The highest BCUT2D eigenvalue weighted by molar-refractivity contribution is 5.81. The zero-order valence-electron chi connectivity index (χ0n) is 15.5. The van der Waals surface area contributed by atoms with Gasteiger partial charge in [0.2, 0.25) is 5.91 Å². The molecule has 5 rings (SSSR count). The molecule has 0 radical (unpaired) electrons. The van der Waals surface area contributed by atoms with Gasteiger partial charge < -0.3 is 5.73 Å². The van der Waals surface area contributed by atoms with Crippen molar-refractivity contribution in [2.24, 2.45) is 24.6 Å². The lowest BCUT2D eigenvalue weighted by atomic mass is 10.0. The average molecular weight is 376 g/mol. The molecule has 0 saturated heterocycles. The summed E-state index contributed by atoms with van der Waals surface area (Å²) in [4.78, 5) is 20.6. The molecule has 1 saturated carbocycles. The summed E-state index contributed by atoms with van der Waals surface area (Å²) in [7, 11) is 1.90. The van der Waals surface area contributed by atoms with Gasteiger partial charge >= 0.3 is 0 Å². The maximum atomic E-state index is 11.4. The Morgan fingerprint density at radius 1 is 1.29 bits per heavy atom. The number of primary amides is 1. The minimum atomic E-state index is -0.202. The van der Waals surface area contributed by atoms with E-state index in [9.17, 15) is 4.79 Å². The number of rotatable bonds is 4. The Bertz CT molecular complexity index is 1190. The van der Waals surface area contributed by atoms with E-state index in [2.05, 4.69) is 20.4 Å². The van der Waals surface area contributed by atoms with Crippen molar-refractivity contribution in [3.8, 4) is 5.69 Å². The molecule has 0 aliphatic heterocycles. The number of fused-ring (bicyclic) bond motifs is 2. The van der Waals surface area contributed by atoms with Crippen LogP contribution in [0.1, 0.15) is 25.1 Å². The van der Waals surface area contributed by atoms with Gasteiger partial charge in [-0.05, 0) is 43.4 Å². The van der Waals surface area contributed by atoms with E-state index < -0.39 is 0 Å². The zero-order valence-corrected chi connectivity index (χ0v) is 15.5. The molecule has 1 aromatic carbocycles. The number of benzene rings is 1. The van der Waals surface area contributed by atoms with Crippen LogP contribution in [0.3, 0.4) is 0 Å². The first kappa shape index (κ1) is 16.8. The van der Waals surface area contributed by atoms with Gasteiger partial charge in [-0.2, -0.15) is 9.78 Å². The Labute approximate surface area is 160 Å². The van der Waals surface area contributed by atoms with Crippen molar-refractivity contribution in [1.29, 1.82) is 0 Å². The molecule has 1 fully saturated rings. The van der Waals surface area contributed by atoms with E-state index in [1.165, 1.54) is 0 Å². The van der Waals surface area contributed by atoms with Gasteiger partial charge in [0, 0.05) is 31.0 Å². The molecule has 1 amide bonds. The van der Waals surface area contributed by atoms with E-state index in [-0.39, 0.29) is 11.8 Å². The third kappa shape index (κ3) is 2.88. The number of hydrogen-bond donors (Lipinski definition) is 1. The van der Waals surface area contributed by atoms with Crippen molar-refractivity contribution >= 4 is 28.0 Å². The Morgan fingerprint density at radius 2 is 2.18 bits per heavy atom. The first-order valence-corrected chi connectivity index (χ1v) is 9.37. The number of nitrogens with two attached hydrogens (primary N) is 1. The Kier molecular flexibility index (Phi) is 3.81. The largest absolute Gasteiger partial charge is 0.369 e. The van der Waals surface area contributed by atoms with E-state index >= 15 is 0 Å². The average Bonchev–Trinajstić information content (AvgIpc) is 3.38. The van der Waals surface area contributed by atoms with Crippen LogP contribution in [0, 0.1) is 11.8 Å². The third-order valence-electron chi connectivity index (χ3n) is 5.50. The number of carbonyl (C=O) groups excluding carboxylic acids is 1. The van der Waals surface area contributed by atoms with E-state index in [0.29, 0.717) is 17.1 Å². The molecule has 1 aliphatic rings. The van der Waals surface area contributed by atoms with Gasteiger partial charge in [0.25, 0.3) is 0 Å². The van der Waals surface area contributed by atoms with Crippen molar-refractivity contribution in [2.75, 3.05) is 0 Å². The topological polar surface area (TPSA) is 117 Å². The van der Waals surface area contributed by atoms with Crippen molar-refractivity contribution in [2.45, 2.75) is 25.7 Å². The smallest absolute Gasteiger partial charge is 0.220 e. The molecule has 9 nitrogen and oxygen atoms in total. The maximum absolute atomic E-state index is 11.4. The molecular weight excluding hydrogens is 356 g/mol. The number of carbonyl (C=O) groups is 1. The van der Waals surface area contributed by atoms with Gasteiger partial charge in [-0.3, -0.25) is 9.48 Å². The highest BCUT2D eigenvalue weighted by Crippen LogP contribution is 2.32. The second-order valence-electron chi connectivity index (χ2n) is 7.52. The summed E-state index contributed by atoms with van der Waals surface area (Å²) in [5.74, 6) is 0.902. The van der Waals surface area contributed by atoms with E-state index in [4.69, 9.17) is 10.7 Å². The van der Waals surface area contributed by atoms with Gasteiger partial charge in [0.15, 0.2) is 11.2 Å². The Morgan fingerprint density at radius 3 is 3.00 bits per heavy atom. The molecule has 3 heterocycles. The predicted molar refractivity (Wildman–Crippen MR) is 102 cm³/mol. The number of aryl methyl sites for hydroxylation is 1. The van der Waals surface area contributed by atoms with E-state index in [0.717, 1.165) is 48.1 Å². The summed E-state index contributed by atoms with van der Waals surface area (Å²) in [6.45, 7) is 0. The fraction of sp³-hybridized carbons (Fsp3) is 0.368. The standard InChI is InChI=1S/C19H20N8O/c1-26-10-13-8-14(4-5-15(13)24-26)27-19-16(23-25-27)9-21-17(22-19)7-11-2-3-12(6-11)18(20)28/h4-5,8-12H,2-3,6-7H2,1H3,(H2,20,28)/t11-,12-/m1/s1. The fourth-order valence-corrected chi connectivity index (χ4v) is 4.08. The molecule has 0 bridgehead atoms. The van der Waals surface area contributed by atoms with E-state index in [1.807, 2.05) is 31.4 Å². The van der Waals surface area contributed by atoms with Crippen molar-refractivity contribution < 1.29 is 4.79 Å². The minimum absolute atomic E-state index is 0.0212. The maximum Gasteiger partial charge on any atom is 0.220 e. The van der Waals surface area contributed by atoms with Crippen LogP contribution in [-0.4, -0.2) is 40.6 Å². The first-order valence-electron chi connectivity index (χ1n) is 9.37. The summed E-state index contributed by atoms with van der Waals surface area (Å²) in [5.41, 5.74) is 8.58. The zero-order chi connectivity index (χ0) is 19.3. The number of aromatic nitrogens is 7. The molecule has 28 heavy (non-hydrogen) atoms. The van der Waals surface area contributed by atoms with Gasteiger partial charge in [-0.25, -0.2) is 9.97 Å². The van der Waals surface area contributed by atoms with Crippen molar-refractivity contribution in [1.82, 2.24) is 34.7 Å². The summed E-state index contributed by atoms with van der Waals surface area (Å²) in [6, 6.07) is 5.94. The SMILES string of the molecule is Cn1cc2cc(-n3nnc4cnc(C[C@@H]5CC[C@@H](C(N)=O)C5)nc43)ccc2n1. The first-order chi connectivity index (χ1) is 13.6. The van der Waals surface area contributed by atoms with Gasteiger partial charge in [-0.1, -0.05) is 5.21 Å². The highest BCUT2D eigenvalue weighted by Gasteiger charge is 2.29. The lowest BCUT2D eigenvalue weighted by molar-refractivity contribution is -0.121. The minimum Gasteiger partial charge on any atom is -0.369 e. The second kappa shape index (κ2) is 6.36. The Balaban J connectivity index is 1.47. The van der Waals surface area contributed by atoms with Crippen molar-refractivity contribution in [3.63, 3.8) is 0 Å². The molecular formula is C19H20N8O. The van der Waals surface area contributed by atoms with Crippen LogP contribution in [0.5, 0.6) is 0 Å². The van der Waals surface area contributed by atoms with Gasteiger partial charge in [0.1, 0.15) is 5.82 Å². The monoisotopic (exact) mass is 376 g/mol. The fourth-order valence-electron chi connectivity index (χ4n) is 4.08. The Hall–Kier alpha value is -3.36. The lowest BCUT2D eigenvalue weighted by Crippen LogP contribution is -2.21. The molecule has 0 unspecified atom stereocenters. The van der Waals surface area contributed by atoms with Crippen LogP contribution in [0.25, 0.3) is 27.8 Å². The number of nitrogens with zero attached hydrogens (tertiary/aromatic N) is 7. The van der Waals surface area contributed by atoms with E-state index in [1.54, 1.807) is 15.6 Å². The molecule has 1 aliphatic carbocycles. The highest BCUT2D eigenvalue weighted by atomic mass is 16.1. The molecule has 0 spiro atoms. The van der Waals surface area contributed by atoms with Crippen LogP contribution in [0.15, 0.2) is 30.6 Å². The van der Waals surface area contributed by atoms with Crippen LogP contribution < -0.4 is 5.73 Å². The summed E-state index contributed by atoms with van der Waals surface area (Å²) >= 11 is 0. The summed E-state index contributed by atoms with van der Waals surface area (Å²) < 4.78 is 3.52. The van der Waals surface area contributed by atoms with Crippen molar-refractivity contribution in [3.05, 3.63) is 36.4 Å². The molecule has 3 aromatic heterocycles. The third-order valence-corrected chi connectivity index (χ3v) is 5.50. The van der Waals surface area contributed by atoms with Crippen LogP contribution >= 0.6 is 0 Å². The lowest BCUT2D eigenvalue weighted by Gasteiger charge is -2.08. The predicted octanol–water partition coefficient (Wildman–Crippen LogP) is 1.54. The van der Waals surface area contributed by atoms with Crippen LogP contribution in [0.2, 0.25) is 0 Å². The van der Waals surface area contributed by atoms with Gasteiger partial charge in [0.05, 0.1) is 17.4 Å². The van der Waals surface area contributed by atoms with Crippen LogP contribution in [0.4, 0.5) is 0 Å².